The first-order valence-electron chi connectivity index (χ1n) is 8.28. The molecule has 1 aliphatic rings. The Labute approximate surface area is 138 Å². The summed E-state index contributed by atoms with van der Waals surface area (Å²) in [7, 11) is 1.58. The molecule has 0 aliphatic heterocycles. The molecule has 0 bridgehead atoms. The third-order valence-electron chi connectivity index (χ3n) is 4.60. The fourth-order valence-corrected chi connectivity index (χ4v) is 3.45. The van der Waals surface area contributed by atoms with Crippen LogP contribution in [0.25, 0.3) is 0 Å². The van der Waals surface area contributed by atoms with Crippen LogP contribution in [0.4, 0.5) is 5.69 Å². The van der Waals surface area contributed by atoms with Gasteiger partial charge in [0.2, 0.25) is 5.91 Å². The topological polar surface area (TPSA) is 38.3 Å². The zero-order valence-electron chi connectivity index (χ0n) is 13.5. The molecule has 0 saturated heterocycles. The molecule has 3 nitrogen and oxygen atoms in total. The van der Waals surface area contributed by atoms with E-state index in [2.05, 4.69) is 12.2 Å². The van der Waals surface area contributed by atoms with Crippen molar-refractivity contribution in [2.45, 2.75) is 51.9 Å². The number of amides is 1. The first-order valence-corrected chi connectivity index (χ1v) is 8.66. The number of unbranched alkanes of at least 4 members (excludes halogenated alkanes) is 1. The standard InChI is InChI=1S/C18H26ClNO2/c1-3-4-5-13-6-8-14(9-7-13)18(21)20-15-10-11-17(22-2)16(19)12-15/h10-14H,3-9H2,1-2H3,(H,20,21). The molecule has 0 heterocycles. The number of carbonyl (C=O) groups is 1. The summed E-state index contributed by atoms with van der Waals surface area (Å²) in [6, 6.07) is 5.35. The van der Waals surface area contributed by atoms with Crippen LogP contribution in [0.1, 0.15) is 51.9 Å². The van der Waals surface area contributed by atoms with Gasteiger partial charge in [-0.2, -0.15) is 0 Å². The molecule has 1 amide bonds. The Bertz CT molecular complexity index is 496. The Kier molecular flexibility index (Phi) is 6.56. The number of methoxy groups -OCH3 is 1. The SMILES string of the molecule is CCCCC1CCC(C(=O)Nc2ccc(OC)c(Cl)c2)CC1. The van der Waals surface area contributed by atoms with Crippen LogP contribution in [0, 0.1) is 11.8 Å². The van der Waals surface area contributed by atoms with E-state index in [1.165, 1.54) is 32.1 Å². The van der Waals surface area contributed by atoms with Gasteiger partial charge in [0.05, 0.1) is 12.1 Å². The second kappa shape index (κ2) is 8.42. The van der Waals surface area contributed by atoms with Crippen LogP contribution in [0.3, 0.4) is 0 Å². The Morgan fingerprint density at radius 3 is 2.64 bits per heavy atom. The lowest BCUT2D eigenvalue weighted by Crippen LogP contribution is -2.27. The maximum atomic E-state index is 12.4. The third kappa shape index (κ3) is 4.64. The summed E-state index contributed by atoms with van der Waals surface area (Å²) >= 11 is 6.09. The highest BCUT2D eigenvalue weighted by atomic mass is 35.5. The van der Waals surface area contributed by atoms with Gasteiger partial charge >= 0.3 is 0 Å². The van der Waals surface area contributed by atoms with Crippen LogP contribution < -0.4 is 10.1 Å². The average molecular weight is 324 g/mol. The summed E-state index contributed by atoms with van der Waals surface area (Å²) in [5.41, 5.74) is 0.740. The Balaban J connectivity index is 1.84. The lowest BCUT2D eigenvalue weighted by Gasteiger charge is -2.27. The number of anilines is 1. The molecule has 0 aromatic heterocycles. The zero-order chi connectivity index (χ0) is 15.9. The minimum atomic E-state index is 0.121. The second-order valence-electron chi connectivity index (χ2n) is 6.20. The molecule has 1 aliphatic carbocycles. The van der Waals surface area contributed by atoms with Crippen molar-refractivity contribution in [2.24, 2.45) is 11.8 Å². The highest BCUT2D eigenvalue weighted by molar-refractivity contribution is 6.32. The molecule has 4 heteroatoms. The van der Waals surface area contributed by atoms with E-state index in [0.29, 0.717) is 10.8 Å². The number of rotatable bonds is 6. The first-order chi connectivity index (χ1) is 10.6. The quantitative estimate of drug-likeness (QED) is 0.773. The van der Waals surface area contributed by atoms with Crippen molar-refractivity contribution in [3.63, 3.8) is 0 Å². The van der Waals surface area contributed by atoms with E-state index in [4.69, 9.17) is 16.3 Å². The molecular formula is C18H26ClNO2. The molecule has 0 radical (unpaired) electrons. The van der Waals surface area contributed by atoms with Crippen LogP contribution in [0.2, 0.25) is 5.02 Å². The molecule has 0 spiro atoms. The van der Waals surface area contributed by atoms with Crippen LogP contribution in [0.5, 0.6) is 5.75 Å². The monoisotopic (exact) mass is 323 g/mol. The highest BCUT2D eigenvalue weighted by Crippen LogP contribution is 2.33. The van der Waals surface area contributed by atoms with Gasteiger partial charge in [-0.25, -0.2) is 0 Å². The normalized spacial score (nSPS) is 21.4. The summed E-state index contributed by atoms with van der Waals surface area (Å²) < 4.78 is 5.12. The molecule has 1 saturated carbocycles. The Morgan fingerprint density at radius 2 is 2.05 bits per heavy atom. The van der Waals surface area contributed by atoms with Crippen molar-refractivity contribution in [3.8, 4) is 5.75 Å². The van der Waals surface area contributed by atoms with Gasteiger partial charge in [-0.1, -0.05) is 37.8 Å². The van der Waals surface area contributed by atoms with Crippen molar-refractivity contribution in [1.82, 2.24) is 0 Å². The number of benzene rings is 1. The number of halogens is 1. The van der Waals surface area contributed by atoms with E-state index < -0.39 is 0 Å². The van der Waals surface area contributed by atoms with Gasteiger partial charge in [0.15, 0.2) is 0 Å². The maximum absolute atomic E-state index is 12.4. The second-order valence-corrected chi connectivity index (χ2v) is 6.61. The number of ether oxygens (including phenoxy) is 1. The number of nitrogens with one attached hydrogen (secondary N) is 1. The summed E-state index contributed by atoms with van der Waals surface area (Å²) in [6.45, 7) is 2.24. The van der Waals surface area contributed by atoms with E-state index in [1.807, 2.05) is 6.07 Å². The number of hydrogen-bond acceptors (Lipinski definition) is 2. The van der Waals surface area contributed by atoms with E-state index >= 15 is 0 Å². The van der Waals surface area contributed by atoms with Gasteiger partial charge < -0.3 is 10.1 Å². The third-order valence-corrected chi connectivity index (χ3v) is 4.90. The van der Waals surface area contributed by atoms with E-state index in [0.717, 1.165) is 24.4 Å². The maximum Gasteiger partial charge on any atom is 0.227 e. The first kappa shape index (κ1) is 17.1. The average Bonchev–Trinajstić information content (AvgIpc) is 2.53. The van der Waals surface area contributed by atoms with Crippen molar-refractivity contribution in [3.05, 3.63) is 23.2 Å². The van der Waals surface area contributed by atoms with Crippen molar-refractivity contribution < 1.29 is 9.53 Å². The van der Waals surface area contributed by atoms with E-state index in [-0.39, 0.29) is 11.8 Å². The van der Waals surface area contributed by atoms with Gasteiger partial charge in [-0.05, 0) is 49.8 Å². The van der Waals surface area contributed by atoms with Gasteiger partial charge in [-0.3, -0.25) is 4.79 Å². The van der Waals surface area contributed by atoms with Crippen LogP contribution in [-0.4, -0.2) is 13.0 Å². The summed E-state index contributed by atoms with van der Waals surface area (Å²) in [4.78, 5) is 12.4. The molecule has 1 N–H and O–H groups in total. The molecule has 1 aromatic carbocycles. The molecule has 0 atom stereocenters. The molecule has 122 valence electrons. The number of hydrogen-bond donors (Lipinski definition) is 1. The summed E-state index contributed by atoms with van der Waals surface area (Å²) in [5, 5.41) is 3.50. The van der Waals surface area contributed by atoms with Crippen molar-refractivity contribution >= 4 is 23.2 Å². The lowest BCUT2D eigenvalue weighted by atomic mass is 9.79. The minimum absolute atomic E-state index is 0.121. The summed E-state index contributed by atoms with van der Waals surface area (Å²) in [5.74, 6) is 1.70. The molecule has 22 heavy (non-hydrogen) atoms. The van der Waals surface area contributed by atoms with Gasteiger partial charge in [0.25, 0.3) is 0 Å². The molecule has 2 rings (SSSR count). The molecule has 0 unspecified atom stereocenters. The van der Waals surface area contributed by atoms with Crippen molar-refractivity contribution in [1.29, 1.82) is 0 Å². The van der Waals surface area contributed by atoms with E-state index in [1.54, 1.807) is 19.2 Å². The van der Waals surface area contributed by atoms with Crippen LogP contribution in [0.15, 0.2) is 18.2 Å². The highest BCUT2D eigenvalue weighted by Gasteiger charge is 2.26. The largest absolute Gasteiger partial charge is 0.495 e. The van der Waals surface area contributed by atoms with Crippen LogP contribution >= 0.6 is 11.6 Å². The van der Waals surface area contributed by atoms with Gasteiger partial charge in [-0.15, -0.1) is 0 Å². The van der Waals surface area contributed by atoms with E-state index in [9.17, 15) is 4.79 Å². The lowest BCUT2D eigenvalue weighted by molar-refractivity contribution is -0.121. The fourth-order valence-electron chi connectivity index (χ4n) is 3.19. The Morgan fingerprint density at radius 1 is 1.32 bits per heavy atom. The zero-order valence-corrected chi connectivity index (χ0v) is 14.3. The van der Waals surface area contributed by atoms with Gasteiger partial charge in [0, 0.05) is 11.6 Å². The molecular weight excluding hydrogens is 298 g/mol. The minimum Gasteiger partial charge on any atom is -0.495 e. The molecule has 1 aromatic rings. The number of carbonyl (C=O) groups excluding carboxylic acids is 1. The Hall–Kier alpha value is -1.22. The predicted molar refractivity (Wildman–Crippen MR) is 91.6 cm³/mol. The van der Waals surface area contributed by atoms with Gasteiger partial charge in [0.1, 0.15) is 5.75 Å². The smallest absolute Gasteiger partial charge is 0.227 e. The van der Waals surface area contributed by atoms with Crippen molar-refractivity contribution in [2.75, 3.05) is 12.4 Å². The fraction of sp³-hybridized carbons (Fsp3) is 0.611. The van der Waals surface area contributed by atoms with Crippen LogP contribution in [-0.2, 0) is 4.79 Å². The predicted octanol–water partition coefficient (Wildman–Crippen LogP) is 5.28. The summed E-state index contributed by atoms with van der Waals surface area (Å²) in [6.07, 6.45) is 8.26. The molecule has 1 fully saturated rings.